The third kappa shape index (κ3) is 3.21. The maximum absolute atomic E-state index is 13.1. The molecule has 0 aliphatic carbocycles. The summed E-state index contributed by atoms with van der Waals surface area (Å²) >= 11 is 1.42. The predicted molar refractivity (Wildman–Crippen MR) is 110 cm³/mol. The van der Waals surface area contributed by atoms with Gasteiger partial charge in [-0.05, 0) is 30.2 Å². The summed E-state index contributed by atoms with van der Waals surface area (Å²) in [6.45, 7) is 1.72. The first-order chi connectivity index (χ1) is 13.5. The Hall–Kier alpha value is -3.65. The third-order valence-corrected chi connectivity index (χ3v) is 5.13. The Bertz CT molecular complexity index is 1260. The maximum Gasteiger partial charge on any atom is 0.283 e. The first-order valence-corrected chi connectivity index (χ1v) is 9.27. The number of aromatic nitrogens is 2. The number of hydrogen-bond donors (Lipinski definition) is 0. The largest absolute Gasteiger partial charge is 0.283 e. The Balaban J connectivity index is 1.79. The number of nitro groups is 1. The Morgan fingerprint density at radius 2 is 1.86 bits per heavy atom. The molecule has 2 aromatic carbocycles. The van der Waals surface area contributed by atoms with Crippen LogP contribution in [0.25, 0.3) is 21.3 Å². The SMILES string of the molecule is Cc1nc2scc(-c3ccccc3)c2c(=O)n1/N=C\c1ccc([N+](=O)[O-])cc1. The molecule has 0 atom stereocenters. The van der Waals surface area contributed by atoms with E-state index in [1.165, 1.54) is 34.4 Å². The number of nitrogens with zero attached hydrogens (tertiary/aromatic N) is 4. The average molecular weight is 390 g/mol. The second-order valence-electron chi connectivity index (χ2n) is 6.06. The molecule has 0 fully saturated rings. The molecule has 2 aromatic heterocycles. The number of thiophene rings is 1. The van der Waals surface area contributed by atoms with Crippen LogP contribution in [0.3, 0.4) is 0 Å². The molecule has 0 aliphatic heterocycles. The minimum absolute atomic E-state index is 0.000593. The van der Waals surface area contributed by atoms with Crippen LogP contribution in [-0.4, -0.2) is 20.8 Å². The Kier molecular flexibility index (Phi) is 4.54. The lowest BCUT2D eigenvalue weighted by Crippen LogP contribution is -2.20. The van der Waals surface area contributed by atoms with Crippen molar-refractivity contribution < 1.29 is 4.92 Å². The van der Waals surface area contributed by atoms with Gasteiger partial charge in [-0.1, -0.05) is 30.3 Å². The molecular formula is C20H14N4O3S. The number of benzene rings is 2. The molecule has 8 heteroatoms. The summed E-state index contributed by atoms with van der Waals surface area (Å²) in [5.74, 6) is 0.470. The van der Waals surface area contributed by atoms with E-state index in [9.17, 15) is 14.9 Å². The smallest absolute Gasteiger partial charge is 0.267 e. The Labute approximate surface area is 163 Å². The second kappa shape index (κ2) is 7.16. The van der Waals surface area contributed by atoms with Crippen LogP contribution in [0.15, 0.2) is 69.9 Å². The van der Waals surface area contributed by atoms with E-state index < -0.39 is 4.92 Å². The van der Waals surface area contributed by atoms with Crippen molar-refractivity contribution in [2.24, 2.45) is 5.10 Å². The predicted octanol–water partition coefficient (Wildman–Crippen LogP) is 4.22. The highest BCUT2D eigenvalue weighted by atomic mass is 32.1. The van der Waals surface area contributed by atoms with Crippen LogP contribution < -0.4 is 5.56 Å². The zero-order valence-corrected chi connectivity index (χ0v) is 15.6. The normalized spacial score (nSPS) is 11.3. The minimum atomic E-state index is -0.463. The average Bonchev–Trinajstić information content (AvgIpc) is 3.12. The van der Waals surface area contributed by atoms with Gasteiger partial charge in [-0.2, -0.15) is 9.78 Å². The lowest BCUT2D eigenvalue weighted by molar-refractivity contribution is -0.384. The topological polar surface area (TPSA) is 90.4 Å². The summed E-state index contributed by atoms with van der Waals surface area (Å²) in [6, 6.07) is 15.6. The highest BCUT2D eigenvalue weighted by Gasteiger charge is 2.15. The number of fused-ring (bicyclic) bond motifs is 1. The van der Waals surface area contributed by atoms with E-state index in [1.54, 1.807) is 19.1 Å². The number of aryl methyl sites for hydroxylation is 1. The fraction of sp³-hybridized carbons (Fsp3) is 0.0500. The van der Waals surface area contributed by atoms with Gasteiger partial charge in [0.1, 0.15) is 10.7 Å². The van der Waals surface area contributed by atoms with Gasteiger partial charge in [0, 0.05) is 23.1 Å². The molecule has 0 N–H and O–H groups in total. The summed E-state index contributed by atoms with van der Waals surface area (Å²) in [5.41, 5.74) is 2.17. The van der Waals surface area contributed by atoms with Crippen LogP contribution >= 0.6 is 11.3 Å². The van der Waals surface area contributed by atoms with Crippen molar-refractivity contribution in [3.63, 3.8) is 0 Å². The number of hydrogen-bond acceptors (Lipinski definition) is 6. The molecule has 0 unspecified atom stereocenters. The monoisotopic (exact) mass is 390 g/mol. The van der Waals surface area contributed by atoms with Gasteiger partial charge in [0.2, 0.25) is 0 Å². The number of nitro benzene ring substituents is 1. The maximum atomic E-state index is 13.1. The summed E-state index contributed by atoms with van der Waals surface area (Å²) in [6.07, 6.45) is 1.49. The Morgan fingerprint density at radius 1 is 1.14 bits per heavy atom. The van der Waals surface area contributed by atoms with Crippen molar-refractivity contribution in [2.75, 3.05) is 0 Å². The molecule has 4 aromatic rings. The highest BCUT2D eigenvalue weighted by Crippen LogP contribution is 2.30. The van der Waals surface area contributed by atoms with Crippen molar-refractivity contribution >= 4 is 33.5 Å². The van der Waals surface area contributed by atoms with E-state index in [0.29, 0.717) is 21.6 Å². The van der Waals surface area contributed by atoms with Crippen molar-refractivity contribution in [2.45, 2.75) is 6.92 Å². The first kappa shape index (κ1) is 17.7. The molecule has 0 bridgehead atoms. The van der Waals surface area contributed by atoms with Crippen molar-refractivity contribution in [3.8, 4) is 11.1 Å². The summed E-state index contributed by atoms with van der Waals surface area (Å²) in [7, 11) is 0. The summed E-state index contributed by atoms with van der Waals surface area (Å²) in [4.78, 5) is 28.6. The summed E-state index contributed by atoms with van der Waals surface area (Å²) in [5, 5.41) is 17.5. The number of non-ortho nitro benzene ring substituents is 1. The lowest BCUT2D eigenvalue weighted by Gasteiger charge is -2.05. The van der Waals surface area contributed by atoms with Crippen molar-refractivity contribution in [1.29, 1.82) is 0 Å². The van der Waals surface area contributed by atoms with Gasteiger partial charge in [-0.25, -0.2) is 4.98 Å². The van der Waals surface area contributed by atoms with E-state index in [-0.39, 0.29) is 11.2 Å². The third-order valence-electron chi connectivity index (χ3n) is 4.26. The molecule has 0 radical (unpaired) electrons. The summed E-state index contributed by atoms with van der Waals surface area (Å²) < 4.78 is 1.25. The fourth-order valence-electron chi connectivity index (χ4n) is 2.86. The van der Waals surface area contributed by atoms with Crippen LogP contribution in [0.1, 0.15) is 11.4 Å². The van der Waals surface area contributed by atoms with Gasteiger partial charge in [-0.3, -0.25) is 14.9 Å². The van der Waals surface area contributed by atoms with Gasteiger partial charge in [0.05, 0.1) is 16.5 Å². The van der Waals surface area contributed by atoms with Gasteiger partial charge in [0.15, 0.2) is 0 Å². The van der Waals surface area contributed by atoms with Crippen LogP contribution in [0.2, 0.25) is 0 Å². The van der Waals surface area contributed by atoms with Crippen LogP contribution in [0.5, 0.6) is 0 Å². The lowest BCUT2D eigenvalue weighted by atomic mass is 10.1. The zero-order chi connectivity index (χ0) is 19.7. The van der Waals surface area contributed by atoms with E-state index in [1.807, 2.05) is 35.7 Å². The molecule has 0 aliphatic rings. The van der Waals surface area contributed by atoms with Crippen molar-refractivity contribution in [1.82, 2.24) is 9.66 Å². The quantitative estimate of drug-likeness (QED) is 0.296. The van der Waals surface area contributed by atoms with E-state index in [4.69, 9.17) is 0 Å². The van der Waals surface area contributed by atoms with Gasteiger partial charge in [0.25, 0.3) is 11.2 Å². The van der Waals surface area contributed by atoms with Gasteiger partial charge < -0.3 is 0 Å². The van der Waals surface area contributed by atoms with E-state index in [2.05, 4.69) is 10.1 Å². The second-order valence-corrected chi connectivity index (χ2v) is 6.92. The van der Waals surface area contributed by atoms with E-state index >= 15 is 0 Å². The van der Waals surface area contributed by atoms with Crippen LogP contribution in [0.4, 0.5) is 5.69 Å². The van der Waals surface area contributed by atoms with Crippen LogP contribution in [0, 0.1) is 17.0 Å². The minimum Gasteiger partial charge on any atom is -0.267 e. The molecular weight excluding hydrogens is 376 g/mol. The van der Waals surface area contributed by atoms with Gasteiger partial charge in [-0.15, -0.1) is 11.3 Å². The molecule has 0 saturated carbocycles. The zero-order valence-electron chi connectivity index (χ0n) is 14.8. The Morgan fingerprint density at radius 3 is 2.54 bits per heavy atom. The van der Waals surface area contributed by atoms with Crippen molar-refractivity contribution in [3.05, 3.63) is 91.8 Å². The molecule has 7 nitrogen and oxygen atoms in total. The fourth-order valence-corrected chi connectivity index (χ4v) is 3.84. The first-order valence-electron chi connectivity index (χ1n) is 8.39. The molecule has 0 amide bonds. The molecule has 2 heterocycles. The molecule has 28 heavy (non-hydrogen) atoms. The molecule has 0 spiro atoms. The molecule has 0 saturated heterocycles. The molecule has 138 valence electrons. The standard InChI is InChI=1S/C20H14N4O3S/c1-13-22-19-18(17(12-28-19)15-5-3-2-4-6-15)20(25)23(13)21-11-14-7-9-16(10-8-14)24(26)27/h2-12H,1H3/b21-11-. The van der Waals surface area contributed by atoms with Crippen LogP contribution in [-0.2, 0) is 0 Å². The highest BCUT2D eigenvalue weighted by molar-refractivity contribution is 7.17. The van der Waals surface area contributed by atoms with Gasteiger partial charge >= 0.3 is 0 Å². The van der Waals surface area contributed by atoms with E-state index in [0.717, 1.165) is 11.1 Å². The number of rotatable bonds is 4. The molecule has 4 rings (SSSR count).